The lowest BCUT2D eigenvalue weighted by atomic mass is 9.96. The largest absolute Gasteiger partial charge is 0.465 e. The molecule has 0 bridgehead atoms. The molecule has 0 spiro atoms. The predicted molar refractivity (Wildman–Crippen MR) is 92.7 cm³/mol. The van der Waals surface area contributed by atoms with Gasteiger partial charge in [0, 0.05) is 19.0 Å². The highest BCUT2D eigenvalue weighted by atomic mass is 35.5. The summed E-state index contributed by atoms with van der Waals surface area (Å²) in [6, 6.07) is 4.55. The lowest BCUT2D eigenvalue weighted by Crippen LogP contribution is -2.41. The van der Waals surface area contributed by atoms with Gasteiger partial charge in [-0.1, -0.05) is 11.6 Å². The van der Waals surface area contributed by atoms with Crippen molar-refractivity contribution >= 4 is 35.3 Å². The molecule has 1 aromatic rings. The molecule has 2 rings (SSSR count). The SMILES string of the molecule is CCOC(=O)N1CCC(C(=O)Nc2cc(C(=O)OC)ccc2Cl)CC1. The third kappa shape index (κ3) is 4.85. The standard InChI is InChI=1S/C17H21ClN2O5/c1-3-25-17(23)20-8-6-11(7-9-20)15(21)19-14-10-12(16(22)24-2)4-5-13(14)18/h4-5,10-11H,3,6-9H2,1-2H3,(H,19,21). The maximum atomic E-state index is 12.5. The number of nitrogens with zero attached hydrogens (tertiary/aromatic N) is 1. The van der Waals surface area contributed by atoms with Crippen molar-refractivity contribution in [3.05, 3.63) is 28.8 Å². The second-order valence-electron chi connectivity index (χ2n) is 5.64. The van der Waals surface area contributed by atoms with Crippen LogP contribution in [0.2, 0.25) is 5.02 Å². The fourth-order valence-corrected chi connectivity index (χ4v) is 2.80. The van der Waals surface area contributed by atoms with Crippen LogP contribution in [0.5, 0.6) is 0 Å². The minimum atomic E-state index is -0.505. The molecule has 8 heteroatoms. The van der Waals surface area contributed by atoms with Crippen molar-refractivity contribution in [1.82, 2.24) is 4.90 Å². The molecule has 1 heterocycles. The van der Waals surface area contributed by atoms with E-state index in [0.717, 1.165) is 0 Å². The average Bonchev–Trinajstić information content (AvgIpc) is 2.63. The van der Waals surface area contributed by atoms with Gasteiger partial charge < -0.3 is 19.7 Å². The van der Waals surface area contributed by atoms with Crippen LogP contribution in [-0.4, -0.2) is 49.7 Å². The molecule has 1 fully saturated rings. The molecular weight excluding hydrogens is 348 g/mol. The van der Waals surface area contributed by atoms with Crippen molar-refractivity contribution in [2.75, 3.05) is 32.1 Å². The van der Waals surface area contributed by atoms with E-state index in [9.17, 15) is 14.4 Å². The Morgan fingerprint density at radius 3 is 2.56 bits per heavy atom. The van der Waals surface area contributed by atoms with Gasteiger partial charge in [0.2, 0.25) is 5.91 Å². The highest BCUT2D eigenvalue weighted by molar-refractivity contribution is 6.33. The topological polar surface area (TPSA) is 84.9 Å². The van der Waals surface area contributed by atoms with Gasteiger partial charge in [0.05, 0.1) is 30.0 Å². The number of esters is 1. The Balaban J connectivity index is 1.97. The minimum absolute atomic E-state index is 0.188. The van der Waals surface area contributed by atoms with Crippen LogP contribution in [-0.2, 0) is 14.3 Å². The molecule has 0 radical (unpaired) electrons. The van der Waals surface area contributed by atoms with Gasteiger partial charge in [-0.05, 0) is 38.0 Å². The van der Waals surface area contributed by atoms with Crippen LogP contribution < -0.4 is 5.32 Å². The number of carbonyl (C=O) groups excluding carboxylic acids is 3. The lowest BCUT2D eigenvalue weighted by Gasteiger charge is -2.30. The summed E-state index contributed by atoms with van der Waals surface area (Å²) in [6.45, 7) is 3.01. The van der Waals surface area contributed by atoms with Crippen molar-refractivity contribution in [3.63, 3.8) is 0 Å². The van der Waals surface area contributed by atoms with Crippen molar-refractivity contribution in [2.24, 2.45) is 5.92 Å². The number of carbonyl (C=O) groups is 3. The van der Waals surface area contributed by atoms with Gasteiger partial charge in [0.25, 0.3) is 0 Å². The smallest absolute Gasteiger partial charge is 0.409 e. The number of ether oxygens (including phenoxy) is 2. The van der Waals surface area contributed by atoms with Crippen LogP contribution in [0.3, 0.4) is 0 Å². The van der Waals surface area contributed by atoms with Crippen LogP contribution in [0.1, 0.15) is 30.1 Å². The summed E-state index contributed by atoms with van der Waals surface area (Å²) in [6.07, 6.45) is 0.730. The van der Waals surface area contributed by atoms with E-state index in [1.807, 2.05) is 0 Å². The lowest BCUT2D eigenvalue weighted by molar-refractivity contribution is -0.121. The second-order valence-corrected chi connectivity index (χ2v) is 6.04. The molecule has 0 aliphatic carbocycles. The Labute approximate surface area is 151 Å². The third-order valence-corrected chi connectivity index (χ3v) is 4.37. The van der Waals surface area contributed by atoms with Gasteiger partial charge in [-0.3, -0.25) is 4.79 Å². The summed E-state index contributed by atoms with van der Waals surface area (Å²) < 4.78 is 9.62. The Hall–Kier alpha value is -2.28. The van der Waals surface area contributed by atoms with Crippen LogP contribution in [0.25, 0.3) is 0 Å². The van der Waals surface area contributed by atoms with E-state index in [1.165, 1.54) is 25.3 Å². The van der Waals surface area contributed by atoms with Crippen molar-refractivity contribution < 1.29 is 23.9 Å². The third-order valence-electron chi connectivity index (χ3n) is 4.04. The zero-order valence-electron chi connectivity index (χ0n) is 14.2. The number of nitrogens with one attached hydrogen (secondary N) is 1. The number of piperidine rings is 1. The van der Waals surface area contributed by atoms with Gasteiger partial charge in [-0.15, -0.1) is 0 Å². The molecule has 0 saturated carbocycles. The fourth-order valence-electron chi connectivity index (χ4n) is 2.64. The van der Waals surface area contributed by atoms with Crippen molar-refractivity contribution in [3.8, 4) is 0 Å². The van der Waals surface area contributed by atoms with E-state index in [2.05, 4.69) is 10.1 Å². The molecule has 1 aromatic carbocycles. The summed E-state index contributed by atoms with van der Waals surface area (Å²) >= 11 is 6.09. The maximum absolute atomic E-state index is 12.5. The molecule has 1 aliphatic heterocycles. The minimum Gasteiger partial charge on any atom is -0.465 e. The van der Waals surface area contributed by atoms with Gasteiger partial charge in [-0.2, -0.15) is 0 Å². The summed E-state index contributed by atoms with van der Waals surface area (Å²) in [4.78, 5) is 37.3. The quantitative estimate of drug-likeness (QED) is 0.826. The molecule has 0 aromatic heterocycles. The van der Waals surface area contributed by atoms with E-state index in [4.69, 9.17) is 16.3 Å². The molecule has 0 atom stereocenters. The molecule has 1 aliphatic rings. The Bertz CT molecular complexity index is 656. The zero-order chi connectivity index (χ0) is 18.4. The summed E-state index contributed by atoms with van der Waals surface area (Å²) in [5, 5.41) is 3.09. The van der Waals surface area contributed by atoms with Crippen LogP contribution in [0.4, 0.5) is 10.5 Å². The van der Waals surface area contributed by atoms with Gasteiger partial charge >= 0.3 is 12.1 Å². The molecule has 0 unspecified atom stereocenters. The normalized spacial score (nSPS) is 14.8. The number of hydrogen-bond acceptors (Lipinski definition) is 5. The van der Waals surface area contributed by atoms with Gasteiger partial charge in [0.1, 0.15) is 0 Å². The van der Waals surface area contributed by atoms with E-state index in [0.29, 0.717) is 48.8 Å². The summed E-state index contributed by atoms with van der Waals surface area (Å²) in [5.74, 6) is -0.925. The number of methoxy groups -OCH3 is 1. The first-order valence-corrected chi connectivity index (χ1v) is 8.44. The molecule has 136 valence electrons. The molecule has 2 amide bonds. The highest BCUT2D eigenvalue weighted by Gasteiger charge is 2.28. The number of halogens is 1. The number of anilines is 1. The zero-order valence-corrected chi connectivity index (χ0v) is 15.0. The number of likely N-dealkylation sites (tertiary alicyclic amines) is 1. The Morgan fingerprint density at radius 2 is 1.96 bits per heavy atom. The number of benzene rings is 1. The fraction of sp³-hybridized carbons (Fsp3) is 0.471. The highest BCUT2D eigenvalue weighted by Crippen LogP contribution is 2.26. The number of amides is 2. The first-order chi connectivity index (χ1) is 12.0. The Morgan fingerprint density at radius 1 is 1.28 bits per heavy atom. The average molecular weight is 369 g/mol. The molecule has 1 saturated heterocycles. The van der Waals surface area contributed by atoms with Crippen molar-refractivity contribution in [2.45, 2.75) is 19.8 Å². The van der Waals surface area contributed by atoms with E-state index < -0.39 is 5.97 Å². The van der Waals surface area contributed by atoms with E-state index >= 15 is 0 Å². The van der Waals surface area contributed by atoms with E-state index in [-0.39, 0.29) is 17.9 Å². The number of hydrogen-bond donors (Lipinski definition) is 1. The monoisotopic (exact) mass is 368 g/mol. The molecule has 1 N–H and O–H groups in total. The van der Waals surface area contributed by atoms with Crippen LogP contribution in [0, 0.1) is 5.92 Å². The van der Waals surface area contributed by atoms with Gasteiger partial charge in [-0.25, -0.2) is 9.59 Å². The van der Waals surface area contributed by atoms with Crippen LogP contribution in [0.15, 0.2) is 18.2 Å². The second kappa shape index (κ2) is 8.71. The maximum Gasteiger partial charge on any atom is 0.409 e. The van der Waals surface area contributed by atoms with E-state index in [1.54, 1.807) is 11.8 Å². The van der Waals surface area contributed by atoms with Crippen molar-refractivity contribution in [1.29, 1.82) is 0 Å². The summed E-state index contributed by atoms with van der Waals surface area (Å²) in [7, 11) is 1.28. The van der Waals surface area contributed by atoms with Crippen LogP contribution >= 0.6 is 11.6 Å². The first-order valence-electron chi connectivity index (χ1n) is 8.06. The van der Waals surface area contributed by atoms with Gasteiger partial charge in [0.15, 0.2) is 0 Å². The summed E-state index contributed by atoms with van der Waals surface area (Å²) in [5.41, 5.74) is 0.668. The first kappa shape index (κ1) is 19.1. The predicted octanol–water partition coefficient (Wildman–Crippen LogP) is 2.93. The molecular formula is C17H21ClN2O5. The number of rotatable bonds is 4. The molecule has 7 nitrogen and oxygen atoms in total. The molecule has 25 heavy (non-hydrogen) atoms. The Kier molecular flexibility index (Phi) is 6.64.